The van der Waals surface area contributed by atoms with E-state index in [1.54, 1.807) is 18.0 Å². The van der Waals surface area contributed by atoms with E-state index in [9.17, 15) is 9.18 Å². The van der Waals surface area contributed by atoms with Gasteiger partial charge in [-0.2, -0.15) is 0 Å². The second kappa shape index (κ2) is 6.22. The summed E-state index contributed by atoms with van der Waals surface area (Å²) in [7, 11) is 3.84. The summed E-state index contributed by atoms with van der Waals surface area (Å²) in [6.07, 6.45) is 2.16. The topological polar surface area (TPSA) is 49.6 Å². The van der Waals surface area contributed by atoms with Crippen LogP contribution >= 0.6 is 0 Å². The molecule has 2 N–H and O–H groups in total. The fourth-order valence-electron chi connectivity index (χ4n) is 2.63. The first-order chi connectivity index (χ1) is 9.47. The molecule has 1 aliphatic heterocycles. The maximum Gasteiger partial charge on any atom is 0.256 e. The van der Waals surface area contributed by atoms with Crippen LogP contribution in [-0.4, -0.2) is 49.4 Å². The summed E-state index contributed by atoms with van der Waals surface area (Å²) in [5.41, 5.74) is 5.92. The van der Waals surface area contributed by atoms with Gasteiger partial charge in [0, 0.05) is 19.3 Å². The number of nitrogens with two attached hydrogens (primary N) is 1. The van der Waals surface area contributed by atoms with Crippen LogP contribution in [0.15, 0.2) is 18.2 Å². The van der Waals surface area contributed by atoms with Crippen molar-refractivity contribution >= 4 is 11.6 Å². The monoisotopic (exact) mass is 279 g/mol. The Kier molecular flexibility index (Phi) is 4.60. The number of nitrogens with zero attached hydrogens (tertiary/aromatic N) is 2. The van der Waals surface area contributed by atoms with Crippen LogP contribution in [0, 0.1) is 11.7 Å². The number of nitrogen functional groups attached to an aromatic ring is 1. The van der Waals surface area contributed by atoms with Crippen molar-refractivity contribution < 1.29 is 9.18 Å². The average Bonchev–Trinajstić information content (AvgIpc) is 2.40. The molecule has 110 valence electrons. The normalized spacial score (nSPS) is 17.1. The third-order valence-corrected chi connectivity index (χ3v) is 3.94. The van der Waals surface area contributed by atoms with Crippen LogP contribution in [-0.2, 0) is 0 Å². The highest BCUT2D eigenvalue weighted by Crippen LogP contribution is 2.19. The first-order valence-electron chi connectivity index (χ1n) is 6.96. The van der Waals surface area contributed by atoms with Crippen LogP contribution in [0.2, 0.25) is 0 Å². The van der Waals surface area contributed by atoms with E-state index in [4.69, 9.17) is 5.73 Å². The van der Waals surface area contributed by atoms with Crippen LogP contribution in [0.5, 0.6) is 0 Å². The molecule has 5 heteroatoms. The lowest BCUT2D eigenvalue weighted by Gasteiger charge is -2.31. The summed E-state index contributed by atoms with van der Waals surface area (Å²) >= 11 is 0. The van der Waals surface area contributed by atoms with Crippen LogP contribution in [0.25, 0.3) is 0 Å². The number of amides is 1. The van der Waals surface area contributed by atoms with Gasteiger partial charge in [0.1, 0.15) is 5.82 Å². The molecule has 0 radical (unpaired) electrons. The van der Waals surface area contributed by atoms with Crippen LogP contribution in [0.4, 0.5) is 10.1 Å². The van der Waals surface area contributed by atoms with Gasteiger partial charge >= 0.3 is 0 Å². The van der Waals surface area contributed by atoms with Gasteiger partial charge in [0.05, 0.1) is 5.56 Å². The number of carbonyl (C=O) groups is 1. The zero-order chi connectivity index (χ0) is 14.7. The molecule has 4 nitrogen and oxygen atoms in total. The molecule has 1 aliphatic rings. The summed E-state index contributed by atoms with van der Waals surface area (Å²) in [6, 6.07) is 4.20. The van der Waals surface area contributed by atoms with Crippen molar-refractivity contribution in [2.24, 2.45) is 5.92 Å². The zero-order valence-corrected chi connectivity index (χ0v) is 12.1. The Morgan fingerprint density at radius 2 is 2.10 bits per heavy atom. The van der Waals surface area contributed by atoms with Crippen molar-refractivity contribution in [3.8, 4) is 0 Å². The number of halogens is 1. The van der Waals surface area contributed by atoms with Crippen molar-refractivity contribution in [3.63, 3.8) is 0 Å². The average molecular weight is 279 g/mol. The van der Waals surface area contributed by atoms with Gasteiger partial charge in [0.2, 0.25) is 0 Å². The standard InChI is InChI=1S/C15H22FN3O/c1-18-7-5-11(6-8-18)10-19(2)15(20)13-4-3-12(17)9-14(13)16/h3-4,9,11H,5-8,10,17H2,1-2H3. The highest BCUT2D eigenvalue weighted by atomic mass is 19.1. The summed E-state index contributed by atoms with van der Waals surface area (Å²) in [6.45, 7) is 2.79. The van der Waals surface area contributed by atoms with Gasteiger partial charge < -0.3 is 15.5 Å². The number of hydrogen-bond donors (Lipinski definition) is 1. The van der Waals surface area contributed by atoms with E-state index in [2.05, 4.69) is 11.9 Å². The van der Waals surface area contributed by atoms with Gasteiger partial charge in [-0.25, -0.2) is 4.39 Å². The minimum Gasteiger partial charge on any atom is -0.399 e. The lowest BCUT2D eigenvalue weighted by atomic mass is 9.96. The molecule has 0 spiro atoms. The molecule has 0 atom stereocenters. The minimum atomic E-state index is -0.551. The maximum atomic E-state index is 13.8. The maximum absolute atomic E-state index is 13.8. The molecule has 1 saturated heterocycles. The van der Waals surface area contributed by atoms with E-state index in [0.717, 1.165) is 25.9 Å². The Hall–Kier alpha value is -1.62. The first kappa shape index (κ1) is 14.8. The molecule has 1 heterocycles. The summed E-state index contributed by atoms with van der Waals surface area (Å²) in [5, 5.41) is 0. The molecule has 2 rings (SSSR count). The predicted octanol–water partition coefficient (Wildman–Crippen LogP) is 1.82. The zero-order valence-electron chi connectivity index (χ0n) is 12.1. The number of piperidine rings is 1. The lowest BCUT2D eigenvalue weighted by Crippen LogP contribution is -2.38. The molecule has 0 saturated carbocycles. The number of likely N-dealkylation sites (tertiary alicyclic amines) is 1. The van der Waals surface area contributed by atoms with Gasteiger partial charge in [-0.1, -0.05) is 0 Å². The lowest BCUT2D eigenvalue weighted by molar-refractivity contribution is 0.0742. The van der Waals surface area contributed by atoms with E-state index >= 15 is 0 Å². The molecule has 1 fully saturated rings. The Morgan fingerprint density at radius 1 is 1.45 bits per heavy atom. The van der Waals surface area contributed by atoms with Crippen molar-refractivity contribution in [3.05, 3.63) is 29.6 Å². The Bertz CT molecular complexity index is 484. The summed E-state index contributed by atoms with van der Waals surface area (Å²) in [5.74, 6) is -0.330. The molecular formula is C15H22FN3O. The molecule has 0 bridgehead atoms. The van der Waals surface area contributed by atoms with E-state index in [1.807, 2.05) is 0 Å². The fraction of sp³-hybridized carbons (Fsp3) is 0.533. The Balaban J connectivity index is 1.98. The van der Waals surface area contributed by atoms with E-state index in [0.29, 0.717) is 18.2 Å². The molecule has 20 heavy (non-hydrogen) atoms. The third kappa shape index (κ3) is 3.48. The number of anilines is 1. The van der Waals surface area contributed by atoms with Crippen LogP contribution in [0.1, 0.15) is 23.2 Å². The second-order valence-electron chi connectivity index (χ2n) is 5.67. The van der Waals surface area contributed by atoms with Gasteiger partial charge in [-0.15, -0.1) is 0 Å². The SMILES string of the molecule is CN1CCC(CN(C)C(=O)c2ccc(N)cc2F)CC1. The van der Waals surface area contributed by atoms with Crippen molar-refractivity contribution in [2.45, 2.75) is 12.8 Å². The van der Waals surface area contributed by atoms with E-state index in [-0.39, 0.29) is 11.5 Å². The molecule has 0 unspecified atom stereocenters. The van der Waals surface area contributed by atoms with Crippen molar-refractivity contribution in [1.29, 1.82) is 0 Å². The number of rotatable bonds is 3. The van der Waals surface area contributed by atoms with Crippen molar-refractivity contribution in [1.82, 2.24) is 9.80 Å². The van der Waals surface area contributed by atoms with Crippen molar-refractivity contribution in [2.75, 3.05) is 39.5 Å². The second-order valence-corrected chi connectivity index (χ2v) is 5.67. The molecule has 1 aromatic rings. The largest absolute Gasteiger partial charge is 0.399 e. The quantitative estimate of drug-likeness (QED) is 0.859. The summed E-state index contributed by atoms with van der Waals surface area (Å²) < 4.78 is 13.8. The first-order valence-corrected chi connectivity index (χ1v) is 6.96. The van der Waals surface area contributed by atoms with Crippen LogP contribution in [0.3, 0.4) is 0 Å². The number of hydrogen-bond acceptors (Lipinski definition) is 3. The third-order valence-electron chi connectivity index (χ3n) is 3.94. The van der Waals surface area contributed by atoms with Crippen LogP contribution < -0.4 is 5.73 Å². The minimum absolute atomic E-state index is 0.0922. The molecule has 0 aliphatic carbocycles. The van der Waals surface area contributed by atoms with Gasteiger partial charge in [0.25, 0.3) is 5.91 Å². The molecule has 1 amide bonds. The van der Waals surface area contributed by atoms with Gasteiger partial charge in [0.15, 0.2) is 0 Å². The fourth-order valence-corrected chi connectivity index (χ4v) is 2.63. The number of carbonyl (C=O) groups excluding carboxylic acids is 1. The summed E-state index contributed by atoms with van der Waals surface area (Å²) in [4.78, 5) is 16.2. The van der Waals surface area contributed by atoms with E-state index in [1.165, 1.54) is 12.1 Å². The number of benzene rings is 1. The van der Waals surface area contributed by atoms with E-state index < -0.39 is 5.82 Å². The Morgan fingerprint density at radius 3 is 2.70 bits per heavy atom. The van der Waals surface area contributed by atoms with Gasteiger partial charge in [-0.05, 0) is 57.1 Å². The Labute approximate surface area is 119 Å². The molecule has 0 aromatic heterocycles. The highest BCUT2D eigenvalue weighted by Gasteiger charge is 2.22. The highest BCUT2D eigenvalue weighted by molar-refractivity contribution is 5.94. The smallest absolute Gasteiger partial charge is 0.256 e. The predicted molar refractivity (Wildman–Crippen MR) is 78.0 cm³/mol. The molecule has 1 aromatic carbocycles. The van der Waals surface area contributed by atoms with Gasteiger partial charge in [-0.3, -0.25) is 4.79 Å². The molecular weight excluding hydrogens is 257 g/mol.